The van der Waals surface area contributed by atoms with Crippen LogP contribution in [-0.4, -0.2) is 27.0 Å². The zero-order valence-corrected chi connectivity index (χ0v) is 8.41. The standard InChI is InChI=1S/C9H17N3O/c1-9(2,13)7-10-4-8-5-11-12(3)6-8/h5-6,10,13H,4,7H2,1-3H3. The van der Waals surface area contributed by atoms with Crippen molar-refractivity contribution in [2.45, 2.75) is 26.0 Å². The maximum Gasteiger partial charge on any atom is 0.0715 e. The van der Waals surface area contributed by atoms with Crippen LogP contribution in [0.1, 0.15) is 19.4 Å². The van der Waals surface area contributed by atoms with Crippen molar-refractivity contribution in [2.75, 3.05) is 6.54 Å². The molecule has 0 bridgehead atoms. The van der Waals surface area contributed by atoms with Crippen LogP contribution < -0.4 is 5.32 Å². The Morgan fingerprint density at radius 3 is 2.77 bits per heavy atom. The molecule has 4 nitrogen and oxygen atoms in total. The molecule has 0 amide bonds. The Morgan fingerprint density at radius 2 is 2.31 bits per heavy atom. The lowest BCUT2D eigenvalue weighted by Crippen LogP contribution is -2.34. The second kappa shape index (κ2) is 3.89. The molecule has 0 saturated carbocycles. The van der Waals surface area contributed by atoms with Crippen LogP contribution in [0.3, 0.4) is 0 Å². The number of aryl methyl sites for hydroxylation is 1. The number of aromatic nitrogens is 2. The Kier molecular flexibility index (Phi) is 3.06. The van der Waals surface area contributed by atoms with Gasteiger partial charge in [0, 0.05) is 31.9 Å². The van der Waals surface area contributed by atoms with Crippen molar-refractivity contribution in [1.29, 1.82) is 0 Å². The highest BCUT2D eigenvalue weighted by molar-refractivity contribution is 5.02. The molecule has 0 saturated heterocycles. The first-order valence-electron chi connectivity index (χ1n) is 4.38. The van der Waals surface area contributed by atoms with Gasteiger partial charge in [-0.15, -0.1) is 0 Å². The minimum absolute atomic E-state index is 0.585. The number of aliphatic hydroxyl groups is 1. The van der Waals surface area contributed by atoms with Crippen molar-refractivity contribution in [3.63, 3.8) is 0 Å². The van der Waals surface area contributed by atoms with Crippen LogP contribution in [0, 0.1) is 0 Å². The van der Waals surface area contributed by atoms with Gasteiger partial charge in [0.2, 0.25) is 0 Å². The van der Waals surface area contributed by atoms with E-state index < -0.39 is 5.60 Å². The van der Waals surface area contributed by atoms with E-state index in [1.807, 2.05) is 19.4 Å². The molecule has 4 heteroatoms. The molecule has 0 aliphatic heterocycles. The first-order chi connectivity index (χ1) is 5.97. The third-order valence-electron chi connectivity index (χ3n) is 1.65. The Bertz CT molecular complexity index is 262. The first kappa shape index (κ1) is 10.2. The average Bonchev–Trinajstić information content (AvgIpc) is 2.33. The van der Waals surface area contributed by atoms with Crippen LogP contribution in [0.2, 0.25) is 0 Å². The Hall–Kier alpha value is -0.870. The SMILES string of the molecule is Cn1cc(CNCC(C)(C)O)cn1. The van der Waals surface area contributed by atoms with E-state index in [4.69, 9.17) is 0 Å². The highest BCUT2D eigenvalue weighted by atomic mass is 16.3. The minimum Gasteiger partial charge on any atom is -0.389 e. The minimum atomic E-state index is -0.651. The summed E-state index contributed by atoms with van der Waals surface area (Å²) in [6.45, 7) is 4.90. The van der Waals surface area contributed by atoms with Crippen LogP contribution in [-0.2, 0) is 13.6 Å². The zero-order chi connectivity index (χ0) is 9.90. The molecular formula is C9H17N3O. The molecule has 13 heavy (non-hydrogen) atoms. The zero-order valence-electron chi connectivity index (χ0n) is 8.41. The van der Waals surface area contributed by atoms with Gasteiger partial charge < -0.3 is 10.4 Å². The quantitative estimate of drug-likeness (QED) is 0.705. The second-order valence-electron chi connectivity index (χ2n) is 3.94. The van der Waals surface area contributed by atoms with Crippen molar-refractivity contribution in [3.05, 3.63) is 18.0 Å². The lowest BCUT2D eigenvalue weighted by molar-refractivity contribution is 0.0795. The van der Waals surface area contributed by atoms with E-state index in [0.29, 0.717) is 6.54 Å². The summed E-state index contributed by atoms with van der Waals surface area (Å²) in [4.78, 5) is 0. The summed E-state index contributed by atoms with van der Waals surface area (Å²) in [6, 6.07) is 0. The number of rotatable bonds is 4. The fourth-order valence-electron chi connectivity index (χ4n) is 1.08. The van der Waals surface area contributed by atoms with Crippen LogP contribution in [0.25, 0.3) is 0 Å². The molecule has 1 aromatic heterocycles. The highest BCUT2D eigenvalue weighted by Crippen LogP contribution is 1.99. The molecule has 2 N–H and O–H groups in total. The molecular weight excluding hydrogens is 166 g/mol. The summed E-state index contributed by atoms with van der Waals surface area (Å²) in [6.07, 6.45) is 3.77. The monoisotopic (exact) mass is 183 g/mol. The van der Waals surface area contributed by atoms with Crippen molar-refractivity contribution < 1.29 is 5.11 Å². The van der Waals surface area contributed by atoms with E-state index in [1.165, 1.54) is 0 Å². The van der Waals surface area contributed by atoms with E-state index in [1.54, 1.807) is 18.5 Å². The Morgan fingerprint density at radius 1 is 1.62 bits per heavy atom. The summed E-state index contributed by atoms with van der Waals surface area (Å²) in [7, 11) is 1.89. The third-order valence-corrected chi connectivity index (χ3v) is 1.65. The summed E-state index contributed by atoms with van der Waals surface area (Å²) in [5, 5.41) is 16.6. The van der Waals surface area contributed by atoms with Gasteiger partial charge in [-0.3, -0.25) is 4.68 Å². The van der Waals surface area contributed by atoms with Crippen molar-refractivity contribution in [3.8, 4) is 0 Å². The van der Waals surface area contributed by atoms with Gasteiger partial charge in [-0.25, -0.2) is 0 Å². The molecule has 0 aliphatic rings. The van der Waals surface area contributed by atoms with E-state index in [-0.39, 0.29) is 0 Å². The molecule has 0 spiro atoms. The van der Waals surface area contributed by atoms with Crippen LogP contribution >= 0.6 is 0 Å². The number of nitrogens with one attached hydrogen (secondary N) is 1. The molecule has 0 fully saturated rings. The van der Waals surface area contributed by atoms with Gasteiger partial charge in [-0.2, -0.15) is 5.10 Å². The van der Waals surface area contributed by atoms with Gasteiger partial charge in [0.15, 0.2) is 0 Å². The summed E-state index contributed by atoms with van der Waals surface area (Å²) in [5.41, 5.74) is 0.481. The van der Waals surface area contributed by atoms with Crippen molar-refractivity contribution in [1.82, 2.24) is 15.1 Å². The average molecular weight is 183 g/mol. The van der Waals surface area contributed by atoms with Crippen molar-refractivity contribution >= 4 is 0 Å². The fraction of sp³-hybridized carbons (Fsp3) is 0.667. The van der Waals surface area contributed by atoms with E-state index in [2.05, 4.69) is 10.4 Å². The number of hydrogen-bond donors (Lipinski definition) is 2. The highest BCUT2D eigenvalue weighted by Gasteiger charge is 2.10. The van der Waals surface area contributed by atoms with Gasteiger partial charge in [0.1, 0.15) is 0 Å². The van der Waals surface area contributed by atoms with Gasteiger partial charge in [0.05, 0.1) is 11.8 Å². The van der Waals surface area contributed by atoms with Gasteiger partial charge in [0.25, 0.3) is 0 Å². The first-order valence-corrected chi connectivity index (χ1v) is 4.38. The van der Waals surface area contributed by atoms with Crippen LogP contribution in [0.5, 0.6) is 0 Å². The molecule has 0 unspecified atom stereocenters. The molecule has 74 valence electrons. The summed E-state index contributed by atoms with van der Waals surface area (Å²) in [5.74, 6) is 0. The van der Waals surface area contributed by atoms with Gasteiger partial charge in [-0.05, 0) is 13.8 Å². The van der Waals surface area contributed by atoms with E-state index in [9.17, 15) is 5.11 Å². The summed E-state index contributed by atoms with van der Waals surface area (Å²) < 4.78 is 1.76. The molecule has 0 radical (unpaired) electrons. The third kappa shape index (κ3) is 4.05. The maximum atomic E-state index is 9.42. The predicted molar refractivity (Wildman–Crippen MR) is 51.2 cm³/mol. The van der Waals surface area contributed by atoms with Crippen molar-refractivity contribution in [2.24, 2.45) is 7.05 Å². The largest absolute Gasteiger partial charge is 0.389 e. The normalized spacial score (nSPS) is 12.0. The lowest BCUT2D eigenvalue weighted by Gasteiger charge is -2.17. The lowest BCUT2D eigenvalue weighted by atomic mass is 10.1. The number of hydrogen-bond acceptors (Lipinski definition) is 3. The topological polar surface area (TPSA) is 50.1 Å². The molecule has 0 atom stereocenters. The van der Waals surface area contributed by atoms with Gasteiger partial charge >= 0.3 is 0 Å². The molecule has 0 aliphatic carbocycles. The molecule has 1 heterocycles. The smallest absolute Gasteiger partial charge is 0.0715 e. The van der Waals surface area contributed by atoms with Crippen LogP contribution in [0.15, 0.2) is 12.4 Å². The number of nitrogens with zero attached hydrogens (tertiary/aromatic N) is 2. The Balaban J connectivity index is 2.28. The van der Waals surface area contributed by atoms with Gasteiger partial charge in [-0.1, -0.05) is 0 Å². The predicted octanol–water partition coefficient (Wildman–Crippen LogP) is 0.281. The second-order valence-corrected chi connectivity index (χ2v) is 3.94. The fourth-order valence-corrected chi connectivity index (χ4v) is 1.08. The molecule has 1 rings (SSSR count). The van der Waals surface area contributed by atoms with Crippen LogP contribution in [0.4, 0.5) is 0 Å². The molecule has 0 aromatic carbocycles. The van der Waals surface area contributed by atoms with E-state index >= 15 is 0 Å². The van der Waals surface area contributed by atoms with E-state index in [0.717, 1.165) is 12.1 Å². The molecule has 1 aromatic rings. The Labute approximate surface area is 78.6 Å². The summed E-state index contributed by atoms with van der Waals surface area (Å²) >= 11 is 0. The maximum absolute atomic E-state index is 9.42.